The monoisotopic (exact) mass is 293 g/mol. The first-order valence-electron chi connectivity index (χ1n) is 5.82. The van der Waals surface area contributed by atoms with Crippen molar-refractivity contribution in [3.63, 3.8) is 0 Å². The molecule has 0 fully saturated rings. The maximum Gasteiger partial charge on any atom is 0.119 e. The summed E-state index contributed by atoms with van der Waals surface area (Å²) in [6.07, 6.45) is 2.02. The predicted molar refractivity (Wildman–Crippen MR) is 75.4 cm³/mol. The molecule has 0 amide bonds. The Morgan fingerprint density at radius 1 is 1.00 bits per heavy atom. The van der Waals surface area contributed by atoms with E-state index in [-0.39, 0.29) is 0 Å². The highest BCUT2D eigenvalue weighted by atomic mass is 79.9. The fourth-order valence-electron chi connectivity index (χ4n) is 1.72. The lowest BCUT2D eigenvalue weighted by Gasteiger charge is -2.07. The maximum atomic E-state index is 5.68. The summed E-state index contributed by atoms with van der Waals surface area (Å²) >= 11 is 3.47. The largest absolute Gasteiger partial charge is 0.494 e. The van der Waals surface area contributed by atoms with E-state index in [9.17, 15) is 0 Å². The van der Waals surface area contributed by atoms with E-state index in [0.29, 0.717) is 0 Å². The van der Waals surface area contributed by atoms with Gasteiger partial charge in [0.05, 0.1) is 6.61 Å². The van der Waals surface area contributed by atoms with Crippen LogP contribution in [0.4, 0.5) is 0 Å². The van der Waals surface area contributed by atoms with Gasteiger partial charge in [0.1, 0.15) is 5.75 Å². The second kappa shape index (κ2) is 6.03. The van der Waals surface area contributed by atoms with Crippen molar-refractivity contribution in [3.05, 3.63) is 40.9 Å². The van der Waals surface area contributed by atoms with E-state index < -0.39 is 0 Å². The molecule has 0 aliphatic carbocycles. The van der Waals surface area contributed by atoms with Gasteiger partial charge in [-0.15, -0.1) is 0 Å². The van der Waals surface area contributed by atoms with Crippen LogP contribution < -0.4 is 10.5 Å². The van der Waals surface area contributed by atoms with Crippen LogP contribution in [0.15, 0.2) is 40.9 Å². The first-order chi connectivity index (χ1) is 8.29. The van der Waals surface area contributed by atoms with Gasteiger partial charge in [-0.25, -0.2) is 0 Å². The fraction of sp³-hybridized carbons (Fsp3) is 0.286. The van der Waals surface area contributed by atoms with E-state index in [4.69, 9.17) is 10.5 Å². The first kappa shape index (κ1) is 12.4. The molecule has 90 valence electrons. The smallest absolute Gasteiger partial charge is 0.119 e. The Morgan fingerprint density at radius 3 is 2.59 bits per heavy atom. The van der Waals surface area contributed by atoms with Gasteiger partial charge < -0.3 is 10.5 Å². The van der Waals surface area contributed by atoms with Gasteiger partial charge in [0.2, 0.25) is 0 Å². The highest BCUT2D eigenvalue weighted by Gasteiger charge is 1.98. The van der Waals surface area contributed by atoms with Crippen LogP contribution in [0.25, 0.3) is 10.8 Å². The second-order valence-electron chi connectivity index (χ2n) is 4.00. The van der Waals surface area contributed by atoms with Crippen molar-refractivity contribution >= 4 is 26.7 Å². The molecular weight excluding hydrogens is 278 g/mol. The molecule has 0 saturated heterocycles. The number of ether oxygens (including phenoxy) is 1. The van der Waals surface area contributed by atoms with Gasteiger partial charge in [-0.05, 0) is 54.4 Å². The van der Waals surface area contributed by atoms with Gasteiger partial charge >= 0.3 is 0 Å². The van der Waals surface area contributed by atoms with E-state index >= 15 is 0 Å². The Kier molecular flexibility index (Phi) is 4.40. The number of rotatable bonds is 5. The molecule has 2 N–H and O–H groups in total. The Balaban J connectivity index is 2.07. The van der Waals surface area contributed by atoms with Gasteiger partial charge in [0, 0.05) is 4.47 Å². The van der Waals surface area contributed by atoms with E-state index in [1.165, 1.54) is 10.8 Å². The van der Waals surface area contributed by atoms with Crippen molar-refractivity contribution in [1.82, 2.24) is 0 Å². The molecule has 0 unspecified atom stereocenters. The molecule has 0 aliphatic rings. The number of halogens is 1. The lowest BCUT2D eigenvalue weighted by Crippen LogP contribution is -2.03. The predicted octanol–water partition coefficient (Wildman–Crippen LogP) is 3.72. The SMILES string of the molecule is NCCCCOc1ccc2cc(Br)ccc2c1. The topological polar surface area (TPSA) is 35.2 Å². The molecule has 2 aromatic rings. The number of fused-ring (bicyclic) bond motifs is 1. The molecule has 2 rings (SSSR count). The summed E-state index contributed by atoms with van der Waals surface area (Å²) in [7, 11) is 0. The number of unbranched alkanes of at least 4 members (excludes halogenated alkanes) is 1. The van der Waals surface area contributed by atoms with Crippen LogP contribution in [-0.2, 0) is 0 Å². The fourth-order valence-corrected chi connectivity index (χ4v) is 2.10. The number of hydrogen-bond acceptors (Lipinski definition) is 2. The van der Waals surface area contributed by atoms with Gasteiger partial charge in [0.25, 0.3) is 0 Å². The zero-order valence-electron chi connectivity index (χ0n) is 9.66. The minimum absolute atomic E-state index is 0.731. The minimum atomic E-state index is 0.731. The van der Waals surface area contributed by atoms with Crippen molar-refractivity contribution in [3.8, 4) is 5.75 Å². The number of benzene rings is 2. The first-order valence-corrected chi connectivity index (χ1v) is 6.61. The van der Waals surface area contributed by atoms with Crippen molar-refractivity contribution in [2.45, 2.75) is 12.8 Å². The summed E-state index contributed by atoms with van der Waals surface area (Å²) in [4.78, 5) is 0. The summed E-state index contributed by atoms with van der Waals surface area (Å²) in [5.41, 5.74) is 5.44. The van der Waals surface area contributed by atoms with Crippen LogP contribution in [-0.4, -0.2) is 13.2 Å². The van der Waals surface area contributed by atoms with E-state index in [1.807, 2.05) is 12.1 Å². The maximum absolute atomic E-state index is 5.68. The van der Waals surface area contributed by atoms with Crippen LogP contribution in [0.1, 0.15) is 12.8 Å². The Morgan fingerprint density at radius 2 is 1.76 bits per heavy atom. The summed E-state index contributed by atoms with van der Waals surface area (Å²) in [5, 5.41) is 2.42. The van der Waals surface area contributed by atoms with Crippen molar-refractivity contribution in [2.24, 2.45) is 5.73 Å². The molecule has 0 bridgehead atoms. The van der Waals surface area contributed by atoms with Gasteiger partial charge in [-0.1, -0.05) is 28.1 Å². The Labute approximate surface area is 110 Å². The van der Waals surface area contributed by atoms with E-state index in [1.54, 1.807) is 0 Å². The van der Waals surface area contributed by atoms with Crippen LogP contribution in [0, 0.1) is 0 Å². The molecule has 2 nitrogen and oxygen atoms in total. The summed E-state index contributed by atoms with van der Waals surface area (Å²) in [6, 6.07) is 12.4. The van der Waals surface area contributed by atoms with Gasteiger partial charge in [-0.3, -0.25) is 0 Å². The Bertz CT molecular complexity index is 499. The highest BCUT2D eigenvalue weighted by molar-refractivity contribution is 9.10. The molecule has 0 atom stereocenters. The molecule has 0 radical (unpaired) electrons. The van der Waals surface area contributed by atoms with Crippen LogP contribution in [0.2, 0.25) is 0 Å². The van der Waals surface area contributed by atoms with Crippen LogP contribution in [0.3, 0.4) is 0 Å². The minimum Gasteiger partial charge on any atom is -0.494 e. The lowest BCUT2D eigenvalue weighted by molar-refractivity contribution is 0.308. The summed E-state index contributed by atoms with van der Waals surface area (Å²) in [6.45, 7) is 1.47. The molecule has 0 spiro atoms. The molecule has 0 saturated carbocycles. The average Bonchev–Trinajstić information content (AvgIpc) is 2.35. The normalized spacial score (nSPS) is 10.7. The third-order valence-corrected chi connectivity index (χ3v) is 3.13. The zero-order valence-corrected chi connectivity index (χ0v) is 11.2. The van der Waals surface area contributed by atoms with Gasteiger partial charge in [-0.2, -0.15) is 0 Å². The number of nitrogens with two attached hydrogens (primary N) is 1. The number of hydrogen-bond donors (Lipinski definition) is 1. The second-order valence-corrected chi connectivity index (χ2v) is 4.91. The molecule has 0 aliphatic heterocycles. The van der Waals surface area contributed by atoms with Crippen molar-refractivity contribution in [1.29, 1.82) is 0 Å². The molecule has 3 heteroatoms. The molecule has 0 aromatic heterocycles. The zero-order chi connectivity index (χ0) is 12.1. The van der Waals surface area contributed by atoms with Crippen LogP contribution >= 0.6 is 15.9 Å². The molecule has 2 aromatic carbocycles. The molecule has 17 heavy (non-hydrogen) atoms. The average molecular weight is 294 g/mol. The summed E-state index contributed by atoms with van der Waals surface area (Å²) < 4.78 is 6.78. The third kappa shape index (κ3) is 3.45. The lowest BCUT2D eigenvalue weighted by atomic mass is 10.1. The van der Waals surface area contributed by atoms with Crippen molar-refractivity contribution in [2.75, 3.05) is 13.2 Å². The standard InChI is InChI=1S/C14H16BrNO/c15-13-5-3-12-10-14(6-4-11(12)9-13)17-8-2-1-7-16/h3-6,9-10H,1-2,7-8,16H2. The highest BCUT2D eigenvalue weighted by Crippen LogP contribution is 2.24. The Hall–Kier alpha value is -1.06. The van der Waals surface area contributed by atoms with Crippen molar-refractivity contribution < 1.29 is 4.74 Å². The molecule has 0 heterocycles. The van der Waals surface area contributed by atoms with E-state index in [0.717, 1.165) is 36.2 Å². The van der Waals surface area contributed by atoms with Gasteiger partial charge in [0.15, 0.2) is 0 Å². The third-order valence-electron chi connectivity index (χ3n) is 2.64. The van der Waals surface area contributed by atoms with Crippen LogP contribution in [0.5, 0.6) is 5.75 Å². The summed E-state index contributed by atoms with van der Waals surface area (Å²) in [5.74, 6) is 0.928. The quantitative estimate of drug-likeness (QED) is 0.853. The molecular formula is C14H16BrNO. The van der Waals surface area contributed by atoms with E-state index in [2.05, 4.69) is 40.2 Å².